The van der Waals surface area contributed by atoms with Gasteiger partial charge in [-0.3, -0.25) is 4.79 Å². The highest BCUT2D eigenvalue weighted by atomic mass is 32.2. The van der Waals surface area contributed by atoms with E-state index in [0.717, 1.165) is 18.4 Å². The van der Waals surface area contributed by atoms with Gasteiger partial charge in [0, 0.05) is 24.9 Å². The number of carbonyl (C=O) groups excluding carboxylic acids is 1. The van der Waals surface area contributed by atoms with Gasteiger partial charge in [-0.05, 0) is 60.9 Å². The van der Waals surface area contributed by atoms with Crippen LogP contribution in [0.4, 0.5) is 5.69 Å². The minimum atomic E-state index is -3.54. The van der Waals surface area contributed by atoms with Crippen LogP contribution in [-0.4, -0.2) is 38.5 Å². The van der Waals surface area contributed by atoms with Gasteiger partial charge in [0.1, 0.15) is 0 Å². The molecule has 2 aromatic rings. The van der Waals surface area contributed by atoms with Crippen molar-refractivity contribution < 1.29 is 22.7 Å². The Morgan fingerprint density at radius 2 is 1.70 bits per heavy atom. The zero-order valence-corrected chi connectivity index (χ0v) is 17.9. The number of benzene rings is 2. The second-order valence-corrected chi connectivity index (χ2v) is 8.80. The van der Waals surface area contributed by atoms with Gasteiger partial charge in [-0.1, -0.05) is 19.9 Å². The number of nitrogens with one attached hydrogen (secondary N) is 1. The van der Waals surface area contributed by atoms with Crippen LogP contribution in [0.5, 0.6) is 11.5 Å². The van der Waals surface area contributed by atoms with Crippen LogP contribution in [0.1, 0.15) is 32.3 Å². The third-order valence-electron chi connectivity index (χ3n) is 4.53. The molecule has 0 atom stereocenters. The van der Waals surface area contributed by atoms with Crippen LogP contribution in [0.15, 0.2) is 53.4 Å². The average Bonchev–Trinajstić information content (AvgIpc) is 3.20. The minimum absolute atomic E-state index is 0.198. The number of nitrogens with zero attached hydrogens (tertiary/aromatic N) is 1. The van der Waals surface area contributed by atoms with Gasteiger partial charge in [-0.25, -0.2) is 8.42 Å². The molecule has 1 aliphatic rings. The first-order chi connectivity index (χ1) is 14.4. The maximum absolute atomic E-state index is 12.8. The summed E-state index contributed by atoms with van der Waals surface area (Å²) in [7, 11) is -3.54. The molecule has 0 unspecified atom stereocenters. The van der Waals surface area contributed by atoms with E-state index in [1.165, 1.54) is 22.5 Å². The predicted molar refractivity (Wildman–Crippen MR) is 116 cm³/mol. The molecule has 3 rings (SSSR count). The largest absolute Gasteiger partial charge is 0.454 e. The lowest BCUT2D eigenvalue weighted by atomic mass is 10.2. The highest BCUT2D eigenvalue weighted by molar-refractivity contribution is 7.89. The van der Waals surface area contributed by atoms with E-state index in [4.69, 9.17) is 9.47 Å². The second-order valence-electron chi connectivity index (χ2n) is 6.86. The molecule has 0 aromatic heterocycles. The summed E-state index contributed by atoms with van der Waals surface area (Å²) in [5, 5.41) is 2.73. The van der Waals surface area contributed by atoms with Crippen molar-refractivity contribution in [1.82, 2.24) is 4.31 Å². The molecule has 7 nitrogen and oxygen atoms in total. The van der Waals surface area contributed by atoms with Crippen molar-refractivity contribution in [3.05, 3.63) is 54.1 Å². The molecule has 160 valence electrons. The SMILES string of the molecule is CCCN(CCC)S(=O)(=O)c1ccc(NC(=O)C=Cc2ccc3c(c2)OCO3)cc1. The lowest BCUT2D eigenvalue weighted by Crippen LogP contribution is -2.32. The van der Waals surface area contributed by atoms with Crippen molar-refractivity contribution in [3.8, 4) is 11.5 Å². The molecule has 0 saturated heterocycles. The van der Waals surface area contributed by atoms with E-state index < -0.39 is 10.0 Å². The quantitative estimate of drug-likeness (QED) is 0.611. The molecule has 1 aliphatic heterocycles. The molecular formula is C22H26N2O5S. The Bertz CT molecular complexity index is 1010. The van der Waals surface area contributed by atoms with Gasteiger partial charge >= 0.3 is 0 Å². The van der Waals surface area contributed by atoms with Crippen LogP contribution in [-0.2, 0) is 14.8 Å². The number of hydrogen-bond donors (Lipinski definition) is 1. The topological polar surface area (TPSA) is 84.9 Å². The third-order valence-corrected chi connectivity index (χ3v) is 6.44. The molecule has 0 saturated carbocycles. The van der Waals surface area contributed by atoms with Crippen molar-refractivity contribution in [2.75, 3.05) is 25.2 Å². The van der Waals surface area contributed by atoms with Crippen molar-refractivity contribution in [2.24, 2.45) is 0 Å². The highest BCUT2D eigenvalue weighted by Crippen LogP contribution is 2.32. The lowest BCUT2D eigenvalue weighted by molar-refractivity contribution is -0.111. The maximum atomic E-state index is 12.8. The molecule has 0 spiro atoms. The fraction of sp³-hybridized carbons (Fsp3) is 0.318. The van der Waals surface area contributed by atoms with Crippen LogP contribution in [0.3, 0.4) is 0 Å². The van der Waals surface area contributed by atoms with E-state index in [2.05, 4.69) is 5.32 Å². The van der Waals surface area contributed by atoms with E-state index >= 15 is 0 Å². The maximum Gasteiger partial charge on any atom is 0.248 e. The Labute approximate surface area is 177 Å². The summed E-state index contributed by atoms with van der Waals surface area (Å²) in [6.07, 6.45) is 4.59. The Kier molecular flexibility index (Phi) is 7.12. The normalized spacial score (nSPS) is 13.2. The van der Waals surface area contributed by atoms with Gasteiger partial charge in [0.25, 0.3) is 0 Å². The molecule has 2 aromatic carbocycles. The molecule has 30 heavy (non-hydrogen) atoms. The van der Waals surface area contributed by atoms with Gasteiger partial charge in [0.05, 0.1) is 4.90 Å². The summed E-state index contributed by atoms with van der Waals surface area (Å²) in [6, 6.07) is 11.6. The monoisotopic (exact) mass is 430 g/mol. The number of anilines is 1. The first-order valence-electron chi connectivity index (χ1n) is 9.93. The summed E-state index contributed by atoms with van der Waals surface area (Å²) >= 11 is 0. The van der Waals surface area contributed by atoms with E-state index in [1.807, 2.05) is 19.9 Å². The van der Waals surface area contributed by atoms with E-state index in [1.54, 1.807) is 30.3 Å². The third kappa shape index (κ3) is 5.20. The number of amides is 1. The highest BCUT2D eigenvalue weighted by Gasteiger charge is 2.22. The number of rotatable bonds is 9. The summed E-state index contributed by atoms with van der Waals surface area (Å²) in [4.78, 5) is 12.4. The Balaban J connectivity index is 1.64. The molecule has 1 N–H and O–H groups in total. The Morgan fingerprint density at radius 3 is 2.37 bits per heavy atom. The Hall–Kier alpha value is -2.84. The van der Waals surface area contributed by atoms with Crippen LogP contribution in [0.25, 0.3) is 6.08 Å². The van der Waals surface area contributed by atoms with Crippen LogP contribution in [0.2, 0.25) is 0 Å². The zero-order chi connectivity index (χ0) is 21.6. The van der Waals surface area contributed by atoms with E-state index in [9.17, 15) is 13.2 Å². The number of ether oxygens (including phenoxy) is 2. The van der Waals surface area contributed by atoms with E-state index in [0.29, 0.717) is 30.3 Å². The summed E-state index contributed by atoms with van der Waals surface area (Å²) in [5.74, 6) is 1.01. The number of sulfonamides is 1. The summed E-state index contributed by atoms with van der Waals surface area (Å²) < 4.78 is 37.7. The first-order valence-corrected chi connectivity index (χ1v) is 11.4. The van der Waals surface area contributed by atoms with E-state index in [-0.39, 0.29) is 17.6 Å². The summed E-state index contributed by atoms with van der Waals surface area (Å²) in [5.41, 5.74) is 1.33. The molecule has 0 fully saturated rings. The van der Waals surface area contributed by atoms with Crippen molar-refractivity contribution in [1.29, 1.82) is 0 Å². The predicted octanol–water partition coefficient (Wildman–Crippen LogP) is 3.88. The smallest absolute Gasteiger partial charge is 0.248 e. The number of fused-ring (bicyclic) bond motifs is 1. The van der Waals surface area contributed by atoms with Gasteiger partial charge in [-0.15, -0.1) is 0 Å². The fourth-order valence-electron chi connectivity index (χ4n) is 3.08. The van der Waals surface area contributed by atoms with Crippen LogP contribution >= 0.6 is 0 Å². The second kappa shape index (κ2) is 9.77. The molecule has 1 heterocycles. The standard InChI is InChI=1S/C22H26N2O5S/c1-3-13-24(14-4-2)30(26,27)19-9-7-18(8-10-19)23-22(25)12-6-17-5-11-20-21(15-17)29-16-28-20/h5-12,15H,3-4,13-14,16H2,1-2H3,(H,23,25). The first kappa shape index (κ1) is 21.9. The number of hydrogen-bond acceptors (Lipinski definition) is 5. The molecule has 0 aliphatic carbocycles. The van der Waals surface area contributed by atoms with Gasteiger partial charge in [-0.2, -0.15) is 4.31 Å². The molecule has 8 heteroatoms. The van der Waals surface area contributed by atoms with Crippen LogP contribution < -0.4 is 14.8 Å². The lowest BCUT2D eigenvalue weighted by Gasteiger charge is -2.21. The Morgan fingerprint density at radius 1 is 1.03 bits per heavy atom. The molecule has 1 amide bonds. The summed E-state index contributed by atoms with van der Waals surface area (Å²) in [6.45, 7) is 5.07. The molecule has 0 radical (unpaired) electrons. The van der Waals surface area contributed by atoms with Gasteiger partial charge in [0.15, 0.2) is 11.5 Å². The van der Waals surface area contributed by atoms with Crippen molar-refractivity contribution in [2.45, 2.75) is 31.6 Å². The number of carbonyl (C=O) groups is 1. The van der Waals surface area contributed by atoms with Gasteiger partial charge < -0.3 is 14.8 Å². The van der Waals surface area contributed by atoms with Gasteiger partial charge in [0.2, 0.25) is 22.7 Å². The van der Waals surface area contributed by atoms with Crippen molar-refractivity contribution in [3.63, 3.8) is 0 Å². The minimum Gasteiger partial charge on any atom is -0.454 e. The molecular weight excluding hydrogens is 404 g/mol. The fourth-order valence-corrected chi connectivity index (χ4v) is 4.71. The molecule has 0 bridgehead atoms. The van der Waals surface area contributed by atoms with Crippen LogP contribution in [0, 0.1) is 0 Å². The average molecular weight is 431 g/mol. The zero-order valence-electron chi connectivity index (χ0n) is 17.1. The van der Waals surface area contributed by atoms with Crippen molar-refractivity contribution >= 4 is 27.7 Å².